The Morgan fingerprint density at radius 2 is 0.768 bits per heavy atom. The topological polar surface area (TPSA) is 14.3 Å². The first-order valence-electron chi connectivity index (χ1n) is 19.2. The van der Waals surface area contributed by atoms with Crippen LogP contribution in [-0.2, 0) is 0 Å². The number of hydrogen-bond donors (Lipinski definition) is 0. The molecule has 0 radical (unpaired) electrons. The Balaban J connectivity index is 1.03. The lowest BCUT2D eigenvalue weighted by atomic mass is 9.99. The van der Waals surface area contributed by atoms with Crippen LogP contribution in [0.2, 0.25) is 0 Å². The fourth-order valence-electron chi connectivity index (χ4n) is 9.56. The van der Waals surface area contributed by atoms with E-state index in [-0.39, 0.29) is 0 Å². The third-order valence-corrected chi connectivity index (χ3v) is 13.2. The van der Waals surface area contributed by atoms with Crippen molar-refractivity contribution >= 4 is 92.4 Å². The fraction of sp³-hybridized carbons (Fsp3) is 0. The SMILES string of the molecule is c1ccc(-n2c3ccccc3c3cc(-c4cc5c6ccccc6n6c7cc(-c8ccc9c(c8)c8ccccc8n9-c8ccccc8)sc7c(c4)c56)ccc32)cc1. The Kier molecular flexibility index (Phi) is 6.04. The van der Waals surface area contributed by atoms with E-state index >= 15 is 0 Å². The van der Waals surface area contributed by atoms with Gasteiger partial charge in [0.05, 0.1) is 43.3 Å². The van der Waals surface area contributed by atoms with E-state index in [1.165, 1.54) is 114 Å². The summed E-state index contributed by atoms with van der Waals surface area (Å²) in [5, 5.41) is 8.99. The van der Waals surface area contributed by atoms with Gasteiger partial charge in [0, 0.05) is 54.0 Å². The highest BCUT2D eigenvalue weighted by molar-refractivity contribution is 7.23. The molecule has 13 aromatic rings. The van der Waals surface area contributed by atoms with E-state index in [1.807, 2.05) is 11.3 Å². The Labute approximate surface area is 325 Å². The molecule has 0 aliphatic rings. The van der Waals surface area contributed by atoms with Crippen LogP contribution >= 0.6 is 11.3 Å². The monoisotopic (exact) mass is 729 g/mol. The highest BCUT2D eigenvalue weighted by Gasteiger charge is 2.22. The lowest BCUT2D eigenvalue weighted by molar-refractivity contribution is 1.18. The number of nitrogens with zero attached hydrogens (tertiary/aromatic N) is 3. The maximum Gasteiger partial charge on any atom is 0.0656 e. The molecule has 3 nitrogen and oxygen atoms in total. The molecule has 0 bridgehead atoms. The lowest BCUT2D eigenvalue weighted by Gasteiger charge is -2.08. The Morgan fingerprint density at radius 1 is 0.304 bits per heavy atom. The molecule has 0 unspecified atom stereocenters. The third-order valence-electron chi connectivity index (χ3n) is 12.0. The highest BCUT2D eigenvalue weighted by atomic mass is 32.1. The van der Waals surface area contributed by atoms with Crippen LogP contribution in [0.15, 0.2) is 188 Å². The summed E-state index contributed by atoms with van der Waals surface area (Å²) in [6.45, 7) is 0. The molecule has 0 aliphatic carbocycles. The van der Waals surface area contributed by atoms with Crippen LogP contribution in [0.5, 0.6) is 0 Å². The number of aromatic nitrogens is 3. The smallest absolute Gasteiger partial charge is 0.0656 e. The summed E-state index contributed by atoms with van der Waals surface area (Å²) in [4.78, 5) is 1.28. The molecule has 5 heterocycles. The van der Waals surface area contributed by atoms with Gasteiger partial charge in [-0.25, -0.2) is 0 Å². The third kappa shape index (κ3) is 4.06. The summed E-state index contributed by atoms with van der Waals surface area (Å²) in [6, 6.07) is 69.2. The first-order valence-corrected chi connectivity index (χ1v) is 20.0. The van der Waals surface area contributed by atoms with Crippen molar-refractivity contribution in [3.8, 4) is 32.9 Å². The average Bonchev–Trinajstić information content (AvgIpc) is 4.06. The number of benzene rings is 8. The van der Waals surface area contributed by atoms with Crippen molar-refractivity contribution in [2.24, 2.45) is 0 Å². The molecular formula is C52H31N3S. The summed E-state index contributed by atoms with van der Waals surface area (Å²) < 4.78 is 8.62. The van der Waals surface area contributed by atoms with E-state index in [0.717, 1.165) is 0 Å². The largest absolute Gasteiger partial charge is 0.309 e. The van der Waals surface area contributed by atoms with E-state index < -0.39 is 0 Å². The molecule has 260 valence electrons. The maximum absolute atomic E-state index is 2.51. The predicted molar refractivity (Wildman–Crippen MR) is 239 cm³/mol. The molecule has 0 saturated heterocycles. The van der Waals surface area contributed by atoms with Gasteiger partial charge in [-0.1, -0.05) is 103 Å². The molecule has 4 heteroatoms. The molecule has 0 amide bonds. The molecule has 8 aromatic carbocycles. The second kappa shape index (κ2) is 11.2. The van der Waals surface area contributed by atoms with Crippen LogP contribution in [0, 0.1) is 0 Å². The van der Waals surface area contributed by atoms with Crippen LogP contribution in [0.4, 0.5) is 0 Å². The van der Waals surface area contributed by atoms with Crippen molar-refractivity contribution in [1.29, 1.82) is 0 Å². The molecule has 0 spiro atoms. The van der Waals surface area contributed by atoms with E-state index in [9.17, 15) is 0 Å². The Bertz CT molecular complexity index is 3690. The Morgan fingerprint density at radius 3 is 1.39 bits per heavy atom. The average molecular weight is 730 g/mol. The maximum atomic E-state index is 2.51. The first kappa shape index (κ1) is 30.2. The minimum absolute atomic E-state index is 1.18. The zero-order valence-corrected chi connectivity index (χ0v) is 31.0. The minimum atomic E-state index is 1.18. The quantitative estimate of drug-likeness (QED) is 0.171. The van der Waals surface area contributed by atoms with Crippen LogP contribution < -0.4 is 0 Å². The second-order valence-electron chi connectivity index (χ2n) is 14.9. The van der Waals surface area contributed by atoms with Gasteiger partial charge in [0.15, 0.2) is 0 Å². The van der Waals surface area contributed by atoms with Gasteiger partial charge in [0.2, 0.25) is 0 Å². The van der Waals surface area contributed by atoms with Crippen molar-refractivity contribution in [2.45, 2.75) is 0 Å². The number of hydrogen-bond acceptors (Lipinski definition) is 1. The van der Waals surface area contributed by atoms with Gasteiger partial charge in [-0.3, -0.25) is 0 Å². The zero-order chi connectivity index (χ0) is 36.5. The van der Waals surface area contributed by atoms with E-state index in [4.69, 9.17) is 0 Å². The van der Waals surface area contributed by atoms with E-state index in [1.54, 1.807) is 0 Å². The summed E-state index contributed by atoms with van der Waals surface area (Å²) in [5.41, 5.74) is 14.8. The highest BCUT2D eigenvalue weighted by Crippen LogP contribution is 2.47. The first-order chi connectivity index (χ1) is 27.8. The standard InChI is InChI=1S/C52H31N3S/c1-3-13-35(14-4-1)53-44-20-10-7-17-37(44)40-27-32(23-25-47(40)53)34-29-42-39-19-9-12-22-46(39)55-49-31-50(56-52(49)43(30-34)51(42)55)33-24-26-48-41(28-33)38-18-8-11-21-45(38)54(48)36-15-5-2-6-16-36/h1-31H. The second-order valence-corrected chi connectivity index (χ2v) is 16.0. The fourth-order valence-corrected chi connectivity index (χ4v) is 10.7. The molecule has 0 atom stereocenters. The molecule has 0 saturated carbocycles. The van der Waals surface area contributed by atoms with Crippen LogP contribution in [0.1, 0.15) is 0 Å². The van der Waals surface area contributed by atoms with Gasteiger partial charge in [-0.15, -0.1) is 11.3 Å². The van der Waals surface area contributed by atoms with Crippen molar-refractivity contribution in [3.05, 3.63) is 188 Å². The molecule has 0 fully saturated rings. The molecule has 0 N–H and O–H groups in total. The molecule has 0 aliphatic heterocycles. The minimum Gasteiger partial charge on any atom is -0.309 e. The normalized spacial score (nSPS) is 12.3. The summed E-state index contributed by atoms with van der Waals surface area (Å²) in [5.74, 6) is 0. The van der Waals surface area contributed by atoms with Gasteiger partial charge < -0.3 is 13.5 Å². The van der Waals surface area contributed by atoms with Gasteiger partial charge in [0.1, 0.15) is 0 Å². The van der Waals surface area contributed by atoms with E-state index in [0.29, 0.717) is 0 Å². The van der Waals surface area contributed by atoms with Gasteiger partial charge >= 0.3 is 0 Å². The summed E-state index contributed by atoms with van der Waals surface area (Å²) in [7, 11) is 0. The number of rotatable bonds is 4. The number of thiophene rings is 1. The Hall–Kier alpha value is -7.14. The summed E-state index contributed by atoms with van der Waals surface area (Å²) >= 11 is 1.91. The van der Waals surface area contributed by atoms with Crippen LogP contribution in [0.25, 0.3) is 114 Å². The number of para-hydroxylation sites is 5. The van der Waals surface area contributed by atoms with Gasteiger partial charge in [0.25, 0.3) is 0 Å². The van der Waals surface area contributed by atoms with Gasteiger partial charge in [-0.2, -0.15) is 0 Å². The molecule has 13 rings (SSSR count). The van der Waals surface area contributed by atoms with Crippen molar-refractivity contribution in [3.63, 3.8) is 0 Å². The molecular weight excluding hydrogens is 699 g/mol. The number of fused-ring (bicyclic) bond motifs is 12. The van der Waals surface area contributed by atoms with Gasteiger partial charge in [-0.05, 0) is 102 Å². The summed E-state index contributed by atoms with van der Waals surface area (Å²) in [6.07, 6.45) is 0. The molecule has 56 heavy (non-hydrogen) atoms. The van der Waals surface area contributed by atoms with Crippen LogP contribution in [-0.4, -0.2) is 13.5 Å². The van der Waals surface area contributed by atoms with E-state index in [2.05, 4.69) is 202 Å². The lowest BCUT2D eigenvalue weighted by Crippen LogP contribution is -1.92. The van der Waals surface area contributed by atoms with Crippen molar-refractivity contribution < 1.29 is 0 Å². The molecule has 5 aromatic heterocycles. The van der Waals surface area contributed by atoms with Crippen LogP contribution in [0.3, 0.4) is 0 Å². The van der Waals surface area contributed by atoms with Crippen molar-refractivity contribution in [1.82, 2.24) is 13.5 Å². The van der Waals surface area contributed by atoms with Crippen molar-refractivity contribution in [2.75, 3.05) is 0 Å². The zero-order valence-electron chi connectivity index (χ0n) is 30.1. The predicted octanol–water partition coefficient (Wildman–Crippen LogP) is 14.4.